The molecular weight excluding hydrogens is 382 g/mol. The molecule has 0 spiro atoms. The van der Waals surface area contributed by atoms with Crippen LogP contribution >= 0.6 is 0 Å². The number of aliphatic hydroxyl groups is 1. The lowest BCUT2D eigenvalue weighted by Gasteiger charge is -2.24. The van der Waals surface area contributed by atoms with E-state index in [1.807, 2.05) is 26.0 Å². The molecule has 4 rings (SSSR count). The summed E-state index contributed by atoms with van der Waals surface area (Å²) in [5.41, 5.74) is 2.63. The van der Waals surface area contributed by atoms with Gasteiger partial charge in [-0.2, -0.15) is 0 Å². The molecule has 6 heteroatoms. The van der Waals surface area contributed by atoms with Crippen molar-refractivity contribution < 1.29 is 23.8 Å². The SMILES string of the molecule is COc1ccc(/C(O)=C2/C(=O)C(=O)N(c3ccccc3C)C2c2ccco2)cc1C. The first-order chi connectivity index (χ1) is 14.4. The van der Waals surface area contributed by atoms with E-state index in [4.69, 9.17) is 9.15 Å². The van der Waals surface area contributed by atoms with Crippen molar-refractivity contribution in [2.75, 3.05) is 12.0 Å². The number of benzene rings is 2. The van der Waals surface area contributed by atoms with Crippen molar-refractivity contribution >= 4 is 23.1 Å². The molecular formula is C24H21NO5. The lowest BCUT2D eigenvalue weighted by atomic mass is 9.98. The van der Waals surface area contributed by atoms with E-state index in [-0.39, 0.29) is 11.3 Å². The van der Waals surface area contributed by atoms with Gasteiger partial charge in [-0.3, -0.25) is 14.5 Å². The third kappa shape index (κ3) is 3.06. The zero-order chi connectivity index (χ0) is 21.4. The third-order valence-corrected chi connectivity index (χ3v) is 5.30. The quantitative estimate of drug-likeness (QED) is 0.393. The highest BCUT2D eigenvalue weighted by atomic mass is 16.5. The smallest absolute Gasteiger partial charge is 0.300 e. The molecule has 1 N–H and O–H groups in total. The fourth-order valence-electron chi connectivity index (χ4n) is 3.81. The van der Waals surface area contributed by atoms with Crippen LogP contribution in [0.25, 0.3) is 5.76 Å². The molecule has 152 valence electrons. The van der Waals surface area contributed by atoms with Crippen LogP contribution in [0.1, 0.15) is 28.5 Å². The molecule has 0 saturated carbocycles. The number of carbonyl (C=O) groups excluding carboxylic acids is 2. The third-order valence-electron chi connectivity index (χ3n) is 5.30. The van der Waals surface area contributed by atoms with Crippen molar-refractivity contribution in [3.8, 4) is 5.75 Å². The number of anilines is 1. The minimum absolute atomic E-state index is 0.0113. The van der Waals surface area contributed by atoms with E-state index in [9.17, 15) is 14.7 Å². The molecule has 1 aromatic heterocycles. The molecule has 1 unspecified atom stereocenters. The second kappa shape index (κ2) is 7.55. The van der Waals surface area contributed by atoms with Gasteiger partial charge in [0, 0.05) is 11.3 Å². The normalized spacial score (nSPS) is 18.1. The lowest BCUT2D eigenvalue weighted by molar-refractivity contribution is -0.132. The summed E-state index contributed by atoms with van der Waals surface area (Å²) in [7, 11) is 1.56. The number of rotatable bonds is 4. The van der Waals surface area contributed by atoms with Crippen molar-refractivity contribution in [2.24, 2.45) is 0 Å². The Kier molecular flexibility index (Phi) is 4.91. The van der Waals surface area contributed by atoms with E-state index in [0.717, 1.165) is 11.1 Å². The van der Waals surface area contributed by atoms with Crippen LogP contribution < -0.4 is 9.64 Å². The molecule has 0 aliphatic carbocycles. The van der Waals surface area contributed by atoms with Gasteiger partial charge in [-0.05, 0) is 61.4 Å². The number of nitrogens with zero attached hydrogens (tertiary/aromatic N) is 1. The first-order valence-electron chi connectivity index (χ1n) is 9.49. The minimum atomic E-state index is -0.872. The average molecular weight is 403 g/mol. The van der Waals surface area contributed by atoms with Gasteiger partial charge in [0.1, 0.15) is 23.3 Å². The number of para-hydroxylation sites is 1. The Morgan fingerprint density at radius 1 is 1.03 bits per heavy atom. The molecule has 1 aliphatic rings. The number of hydrogen-bond donors (Lipinski definition) is 1. The summed E-state index contributed by atoms with van der Waals surface area (Å²) in [6.45, 7) is 3.70. The fraction of sp³-hybridized carbons (Fsp3) is 0.167. The molecule has 1 saturated heterocycles. The van der Waals surface area contributed by atoms with Crippen molar-refractivity contribution in [1.82, 2.24) is 0 Å². The number of ketones is 1. The van der Waals surface area contributed by atoms with E-state index in [1.54, 1.807) is 49.6 Å². The molecule has 3 aromatic rings. The number of furan rings is 1. The molecule has 2 aromatic carbocycles. The van der Waals surface area contributed by atoms with Gasteiger partial charge in [0.25, 0.3) is 11.7 Å². The molecule has 6 nitrogen and oxygen atoms in total. The van der Waals surface area contributed by atoms with Crippen LogP contribution in [-0.4, -0.2) is 23.9 Å². The first-order valence-corrected chi connectivity index (χ1v) is 9.49. The Balaban J connectivity index is 1.93. The highest BCUT2D eigenvalue weighted by Crippen LogP contribution is 2.43. The van der Waals surface area contributed by atoms with Gasteiger partial charge in [0.05, 0.1) is 18.9 Å². The monoisotopic (exact) mass is 403 g/mol. The summed E-state index contributed by atoms with van der Waals surface area (Å²) in [6, 6.07) is 14.9. The number of ether oxygens (including phenoxy) is 1. The molecule has 0 bridgehead atoms. The topological polar surface area (TPSA) is 80.0 Å². The summed E-state index contributed by atoms with van der Waals surface area (Å²) >= 11 is 0. The Morgan fingerprint density at radius 2 is 1.80 bits per heavy atom. The van der Waals surface area contributed by atoms with Gasteiger partial charge >= 0.3 is 0 Å². The molecule has 1 amide bonds. The number of aliphatic hydroxyl groups excluding tert-OH is 1. The predicted octanol–water partition coefficient (Wildman–Crippen LogP) is 4.53. The van der Waals surface area contributed by atoms with Gasteiger partial charge < -0.3 is 14.3 Å². The van der Waals surface area contributed by atoms with Crippen LogP contribution in [-0.2, 0) is 9.59 Å². The highest BCUT2D eigenvalue weighted by molar-refractivity contribution is 6.51. The molecule has 1 aliphatic heterocycles. The summed E-state index contributed by atoms with van der Waals surface area (Å²) in [5, 5.41) is 11.1. The van der Waals surface area contributed by atoms with Crippen molar-refractivity contribution in [1.29, 1.82) is 0 Å². The summed E-state index contributed by atoms with van der Waals surface area (Å²) in [6.07, 6.45) is 1.48. The Bertz CT molecular complexity index is 1160. The number of Topliss-reactive ketones (excluding diaryl/α,β-unsaturated/α-hetero) is 1. The second-order valence-corrected chi connectivity index (χ2v) is 7.16. The number of amides is 1. The standard InChI is InChI=1S/C24H21NO5/c1-14-7-4-5-8-17(14)25-21(19-9-6-12-30-19)20(23(27)24(25)28)22(26)16-10-11-18(29-3)15(2)13-16/h4-13,21,26H,1-3H3/b22-20-. The van der Waals surface area contributed by atoms with Crippen molar-refractivity contribution in [3.63, 3.8) is 0 Å². The van der Waals surface area contributed by atoms with Crippen LogP contribution in [0.3, 0.4) is 0 Å². The van der Waals surface area contributed by atoms with Crippen LogP contribution in [0, 0.1) is 13.8 Å². The van der Waals surface area contributed by atoms with E-state index in [1.165, 1.54) is 11.2 Å². The maximum absolute atomic E-state index is 13.1. The van der Waals surface area contributed by atoms with Crippen LogP contribution in [0.5, 0.6) is 5.75 Å². The van der Waals surface area contributed by atoms with Gasteiger partial charge in [-0.15, -0.1) is 0 Å². The summed E-state index contributed by atoms with van der Waals surface area (Å²) in [4.78, 5) is 27.5. The number of carbonyl (C=O) groups is 2. The second-order valence-electron chi connectivity index (χ2n) is 7.16. The predicted molar refractivity (Wildman–Crippen MR) is 112 cm³/mol. The fourth-order valence-corrected chi connectivity index (χ4v) is 3.81. The van der Waals surface area contributed by atoms with Gasteiger partial charge in [-0.1, -0.05) is 18.2 Å². The van der Waals surface area contributed by atoms with Gasteiger partial charge in [0.2, 0.25) is 0 Å². The number of methoxy groups -OCH3 is 1. The maximum Gasteiger partial charge on any atom is 0.300 e. The first kappa shape index (κ1) is 19.5. The zero-order valence-corrected chi connectivity index (χ0v) is 16.9. The van der Waals surface area contributed by atoms with Gasteiger partial charge in [-0.25, -0.2) is 0 Å². The van der Waals surface area contributed by atoms with Crippen LogP contribution in [0.2, 0.25) is 0 Å². The van der Waals surface area contributed by atoms with E-state index in [0.29, 0.717) is 22.8 Å². The van der Waals surface area contributed by atoms with Gasteiger partial charge in [0.15, 0.2) is 0 Å². The minimum Gasteiger partial charge on any atom is -0.507 e. The van der Waals surface area contributed by atoms with Crippen molar-refractivity contribution in [3.05, 3.63) is 88.9 Å². The molecule has 30 heavy (non-hydrogen) atoms. The molecule has 1 atom stereocenters. The molecule has 0 radical (unpaired) electrons. The lowest BCUT2D eigenvalue weighted by Crippen LogP contribution is -2.29. The Labute approximate surface area is 174 Å². The summed E-state index contributed by atoms with van der Waals surface area (Å²) in [5.74, 6) is -0.668. The highest BCUT2D eigenvalue weighted by Gasteiger charge is 2.48. The summed E-state index contributed by atoms with van der Waals surface area (Å²) < 4.78 is 10.8. The average Bonchev–Trinajstić information content (AvgIpc) is 3.35. The van der Waals surface area contributed by atoms with Crippen LogP contribution in [0.15, 0.2) is 70.9 Å². The number of hydrogen-bond acceptors (Lipinski definition) is 5. The molecule has 1 fully saturated rings. The Morgan fingerprint density at radius 3 is 2.43 bits per heavy atom. The number of aryl methyl sites for hydroxylation is 2. The zero-order valence-electron chi connectivity index (χ0n) is 16.9. The maximum atomic E-state index is 13.1. The van der Waals surface area contributed by atoms with Crippen molar-refractivity contribution in [2.45, 2.75) is 19.9 Å². The Hall–Kier alpha value is -3.80. The van der Waals surface area contributed by atoms with E-state index in [2.05, 4.69) is 0 Å². The molecule has 2 heterocycles. The van der Waals surface area contributed by atoms with E-state index >= 15 is 0 Å². The van der Waals surface area contributed by atoms with Crippen LogP contribution in [0.4, 0.5) is 5.69 Å². The van der Waals surface area contributed by atoms with E-state index < -0.39 is 17.7 Å². The largest absolute Gasteiger partial charge is 0.507 e.